The first kappa shape index (κ1) is 15.8. The third-order valence-corrected chi connectivity index (χ3v) is 5.77. The second kappa shape index (κ2) is 7.00. The van der Waals surface area contributed by atoms with Crippen LogP contribution in [0.15, 0.2) is 0 Å². The van der Waals surface area contributed by atoms with E-state index in [0.29, 0.717) is 19.1 Å². The molecule has 0 spiro atoms. The molecule has 6 nitrogen and oxygen atoms in total. The number of hydrogen-bond acceptors (Lipinski definition) is 5. The molecule has 0 bridgehead atoms. The van der Waals surface area contributed by atoms with Crippen LogP contribution in [-0.2, 0) is 29.1 Å². The van der Waals surface area contributed by atoms with E-state index in [-0.39, 0.29) is 11.3 Å². The molecule has 2 aliphatic rings. The van der Waals surface area contributed by atoms with Crippen LogP contribution in [0.25, 0.3) is 0 Å². The first-order valence-corrected chi connectivity index (χ1v) is 9.16. The molecular weight excluding hydrogens is 300 g/mol. The van der Waals surface area contributed by atoms with Gasteiger partial charge >= 0.3 is 0 Å². The van der Waals surface area contributed by atoms with Gasteiger partial charge < -0.3 is 14.2 Å². The van der Waals surface area contributed by atoms with E-state index in [1.54, 1.807) is 0 Å². The summed E-state index contributed by atoms with van der Waals surface area (Å²) in [6.07, 6.45) is 2.95. The molecule has 2 atom stereocenters. The molecule has 0 aliphatic carbocycles. The fourth-order valence-corrected chi connectivity index (χ4v) is 4.40. The lowest BCUT2D eigenvalue weighted by Gasteiger charge is -2.29. The van der Waals surface area contributed by atoms with Crippen molar-refractivity contribution in [2.45, 2.75) is 57.6 Å². The Labute approximate surface area is 135 Å². The van der Waals surface area contributed by atoms with Crippen molar-refractivity contribution < 1.29 is 9.53 Å². The largest absolute Gasteiger partial charge is 0.374 e. The summed E-state index contributed by atoms with van der Waals surface area (Å²) in [5.74, 6) is 3.26. The zero-order valence-electron chi connectivity index (χ0n) is 13.3. The smallest absolute Gasteiger partial charge is 0.236 e. The molecule has 2 aliphatic heterocycles. The van der Waals surface area contributed by atoms with Gasteiger partial charge in [0, 0.05) is 32.2 Å². The predicted molar refractivity (Wildman–Crippen MR) is 85.7 cm³/mol. The Bertz CT molecular complexity index is 528. The summed E-state index contributed by atoms with van der Waals surface area (Å²) in [7, 11) is 0. The van der Waals surface area contributed by atoms with Gasteiger partial charge in [-0.2, -0.15) is 0 Å². The molecule has 1 fully saturated rings. The van der Waals surface area contributed by atoms with Crippen LogP contribution in [0.3, 0.4) is 0 Å². The minimum Gasteiger partial charge on any atom is -0.374 e. The molecule has 0 saturated carbocycles. The molecule has 0 aromatic carbocycles. The van der Waals surface area contributed by atoms with E-state index < -0.39 is 0 Å². The highest BCUT2D eigenvalue weighted by molar-refractivity contribution is 8.00. The summed E-state index contributed by atoms with van der Waals surface area (Å²) >= 11 is 1.81. The van der Waals surface area contributed by atoms with Crippen molar-refractivity contribution in [3.05, 3.63) is 11.6 Å². The number of fused-ring (bicyclic) bond motifs is 1. The van der Waals surface area contributed by atoms with Gasteiger partial charge in [0.1, 0.15) is 12.4 Å². The number of carbonyl (C=O) groups is 1. The molecule has 1 aromatic heterocycles. The van der Waals surface area contributed by atoms with E-state index >= 15 is 0 Å². The first-order valence-electron chi connectivity index (χ1n) is 8.11. The van der Waals surface area contributed by atoms with Gasteiger partial charge in [0.05, 0.1) is 5.25 Å². The average Bonchev–Trinajstić information content (AvgIpc) is 3.13. The van der Waals surface area contributed by atoms with Crippen molar-refractivity contribution >= 4 is 17.7 Å². The maximum atomic E-state index is 12.7. The van der Waals surface area contributed by atoms with E-state index in [4.69, 9.17) is 4.74 Å². The Hall–Kier alpha value is -1.08. The Kier molecular flexibility index (Phi) is 5.03. The van der Waals surface area contributed by atoms with Crippen molar-refractivity contribution in [1.29, 1.82) is 0 Å². The molecule has 1 aromatic rings. The number of aromatic nitrogens is 3. The van der Waals surface area contributed by atoms with Crippen LogP contribution in [0, 0.1) is 0 Å². The van der Waals surface area contributed by atoms with Crippen LogP contribution in [-0.4, -0.2) is 55.8 Å². The molecule has 1 saturated heterocycles. The summed E-state index contributed by atoms with van der Waals surface area (Å²) < 4.78 is 7.59. The summed E-state index contributed by atoms with van der Waals surface area (Å²) in [5, 5.41) is 8.70. The quantitative estimate of drug-likeness (QED) is 0.840. The third-order valence-electron chi connectivity index (χ3n) is 4.40. The normalized spacial score (nSPS) is 25.1. The molecule has 3 rings (SSSR count). The van der Waals surface area contributed by atoms with Gasteiger partial charge in [-0.1, -0.05) is 0 Å². The zero-order valence-corrected chi connectivity index (χ0v) is 14.1. The van der Waals surface area contributed by atoms with E-state index in [9.17, 15) is 4.79 Å². The average molecular weight is 324 g/mol. The number of nitrogens with zero attached hydrogens (tertiary/aromatic N) is 4. The monoisotopic (exact) mass is 324 g/mol. The van der Waals surface area contributed by atoms with E-state index in [0.717, 1.165) is 49.8 Å². The highest BCUT2D eigenvalue weighted by Gasteiger charge is 2.33. The number of ether oxygens (including phenoxy) is 1. The van der Waals surface area contributed by atoms with Crippen LogP contribution < -0.4 is 0 Å². The molecule has 3 heterocycles. The maximum Gasteiger partial charge on any atom is 0.236 e. The second-order valence-electron chi connectivity index (χ2n) is 5.91. The van der Waals surface area contributed by atoms with Crippen LogP contribution in [0.5, 0.6) is 0 Å². The van der Waals surface area contributed by atoms with Gasteiger partial charge in [0.25, 0.3) is 0 Å². The van der Waals surface area contributed by atoms with Crippen LogP contribution in [0.4, 0.5) is 0 Å². The minimum atomic E-state index is 0.161. The van der Waals surface area contributed by atoms with Gasteiger partial charge in [-0.05, 0) is 32.4 Å². The number of hydrogen-bond donors (Lipinski definition) is 0. The van der Waals surface area contributed by atoms with Crippen molar-refractivity contribution in [1.82, 2.24) is 19.7 Å². The van der Waals surface area contributed by atoms with E-state index in [1.165, 1.54) is 0 Å². The van der Waals surface area contributed by atoms with Gasteiger partial charge in [0.15, 0.2) is 5.82 Å². The summed E-state index contributed by atoms with van der Waals surface area (Å²) in [6.45, 7) is 6.75. The second-order valence-corrected chi connectivity index (χ2v) is 7.22. The summed E-state index contributed by atoms with van der Waals surface area (Å²) in [6, 6.07) is 0.180. The van der Waals surface area contributed by atoms with Gasteiger partial charge in [0.2, 0.25) is 5.91 Å². The molecule has 7 heteroatoms. The molecule has 0 unspecified atom stereocenters. The Balaban J connectivity index is 1.71. The molecular formula is C15H24N4O2S. The topological polar surface area (TPSA) is 60.3 Å². The number of rotatable bonds is 4. The fraction of sp³-hybridized carbons (Fsp3) is 0.800. The maximum absolute atomic E-state index is 12.7. The standard InChI is InChI=1S/C15H24N4O2S/c1-3-21-10-14-17-16-13-9-11(2)18(6-7-19(13)14)15(20)12-5-4-8-22-12/h11-12H,3-10H2,1-2H3/t11-,12-/m1/s1. The third kappa shape index (κ3) is 3.15. The number of carbonyl (C=O) groups excluding carboxylic acids is 1. The number of amides is 1. The molecule has 122 valence electrons. The van der Waals surface area contributed by atoms with Crippen LogP contribution >= 0.6 is 11.8 Å². The SMILES string of the molecule is CCOCc1nnc2n1CCN(C(=O)[C@H]1CCCS1)[C@H](C)C2. The molecule has 0 N–H and O–H groups in total. The lowest BCUT2D eigenvalue weighted by Crippen LogP contribution is -2.44. The Morgan fingerprint density at radius 2 is 2.27 bits per heavy atom. The molecule has 22 heavy (non-hydrogen) atoms. The van der Waals surface area contributed by atoms with Crippen LogP contribution in [0.2, 0.25) is 0 Å². The molecule has 1 amide bonds. The predicted octanol–water partition coefficient (Wildman–Crippen LogP) is 1.48. The van der Waals surface area contributed by atoms with Crippen molar-refractivity contribution in [3.63, 3.8) is 0 Å². The lowest BCUT2D eigenvalue weighted by molar-refractivity contribution is -0.132. The molecule has 0 radical (unpaired) electrons. The Morgan fingerprint density at radius 1 is 1.41 bits per heavy atom. The fourth-order valence-electron chi connectivity index (χ4n) is 3.17. The summed E-state index contributed by atoms with van der Waals surface area (Å²) in [5.41, 5.74) is 0. The minimum absolute atomic E-state index is 0.161. The first-order chi connectivity index (χ1) is 10.7. The van der Waals surface area contributed by atoms with Gasteiger partial charge in [-0.15, -0.1) is 22.0 Å². The lowest BCUT2D eigenvalue weighted by atomic mass is 10.1. The van der Waals surface area contributed by atoms with Crippen molar-refractivity contribution in [2.75, 3.05) is 18.9 Å². The Morgan fingerprint density at radius 3 is 3.00 bits per heavy atom. The summed E-state index contributed by atoms with van der Waals surface area (Å²) in [4.78, 5) is 14.8. The van der Waals surface area contributed by atoms with E-state index in [1.807, 2.05) is 23.6 Å². The highest BCUT2D eigenvalue weighted by atomic mass is 32.2. The van der Waals surface area contributed by atoms with E-state index in [2.05, 4.69) is 21.7 Å². The zero-order chi connectivity index (χ0) is 15.5. The van der Waals surface area contributed by atoms with Crippen LogP contribution in [0.1, 0.15) is 38.3 Å². The van der Waals surface area contributed by atoms with Crippen molar-refractivity contribution in [2.24, 2.45) is 0 Å². The number of thioether (sulfide) groups is 1. The van der Waals surface area contributed by atoms with Crippen molar-refractivity contribution in [3.8, 4) is 0 Å². The van der Waals surface area contributed by atoms with Gasteiger partial charge in [-0.3, -0.25) is 4.79 Å². The van der Waals surface area contributed by atoms with Gasteiger partial charge in [-0.25, -0.2) is 0 Å². The highest BCUT2D eigenvalue weighted by Crippen LogP contribution is 2.29.